The van der Waals surface area contributed by atoms with Crippen LogP contribution in [-0.4, -0.2) is 22.8 Å². The van der Waals surface area contributed by atoms with E-state index in [1.807, 2.05) is 90.9 Å². The Labute approximate surface area is 285 Å². The average Bonchev–Trinajstić information content (AvgIpc) is 3.47. The minimum atomic E-state index is 0.0627. The van der Waals surface area contributed by atoms with Gasteiger partial charge in [-0.25, -0.2) is 4.98 Å². The lowest BCUT2D eigenvalue weighted by molar-refractivity contribution is -0.112. The standard InChI is InChI=1S/C15H17NOS.C14H16O.C4H8O.C4H10.2C2H6/c1-9(2)14(17)13-8-11-7-10-5-3-4-6-12(10)16-15(11)18-13;1-3-7-13(11-10-12(2)15)14-8-5-4-6-9-14;1-2-3-4-5;1-4(2)3;2*1-2/h7-9H,3-6H2,1-2H3;4-11H,3H2,1-2H3;4H,2-3H2,1H3;4H,1-3H3;2*1-2H3/b;11-10-,13-7+;;;;. The number of carbonyl (C=O) groups is 3. The number of aldehydes is 1. The molecule has 4 nitrogen and oxygen atoms in total. The molecule has 1 aliphatic rings. The monoisotopic (exact) mass is 649 g/mol. The molecule has 4 rings (SSSR count). The number of unbranched alkanes of at least 4 members (excludes halogenated alkanes) is 1. The van der Waals surface area contributed by atoms with Crippen molar-refractivity contribution in [2.75, 3.05) is 0 Å². The summed E-state index contributed by atoms with van der Waals surface area (Å²) in [6.45, 7) is 24.0. The first kappa shape index (κ1) is 44.9. The van der Waals surface area contributed by atoms with Crippen LogP contribution >= 0.6 is 11.3 Å². The van der Waals surface area contributed by atoms with Crippen molar-refractivity contribution in [3.05, 3.63) is 82.4 Å². The lowest BCUT2D eigenvalue weighted by atomic mass is 9.95. The van der Waals surface area contributed by atoms with Gasteiger partial charge in [-0.15, -0.1) is 11.3 Å². The van der Waals surface area contributed by atoms with E-state index in [2.05, 4.69) is 39.8 Å². The van der Waals surface area contributed by atoms with Crippen LogP contribution in [0.4, 0.5) is 0 Å². The number of allylic oxidation sites excluding steroid dienone is 4. The zero-order chi connectivity index (χ0) is 35.5. The summed E-state index contributed by atoms with van der Waals surface area (Å²) in [4.78, 5) is 38.9. The van der Waals surface area contributed by atoms with Crippen molar-refractivity contribution < 1.29 is 14.4 Å². The van der Waals surface area contributed by atoms with E-state index in [0.29, 0.717) is 6.42 Å². The van der Waals surface area contributed by atoms with Crippen LogP contribution < -0.4 is 0 Å². The molecule has 2 aromatic heterocycles. The molecule has 0 saturated carbocycles. The third-order valence-electron chi connectivity index (χ3n) is 5.99. The van der Waals surface area contributed by atoms with Crippen LogP contribution in [0.1, 0.15) is 142 Å². The van der Waals surface area contributed by atoms with Crippen molar-refractivity contribution in [2.45, 2.75) is 128 Å². The summed E-state index contributed by atoms with van der Waals surface area (Å²) in [5.74, 6) is 1.21. The number of fused-ring (bicyclic) bond motifs is 2. The number of thiophene rings is 1. The normalized spacial score (nSPS) is 11.7. The molecule has 1 aliphatic carbocycles. The van der Waals surface area contributed by atoms with E-state index >= 15 is 0 Å². The number of nitrogens with zero attached hydrogens (tertiary/aromatic N) is 1. The molecular weight excluding hydrogens is 587 g/mol. The summed E-state index contributed by atoms with van der Waals surface area (Å²) in [6.07, 6.45) is 13.9. The Hall–Kier alpha value is -3.18. The molecule has 0 unspecified atom stereocenters. The zero-order valence-corrected chi connectivity index (χ0v) is 31.9. The first-order valence-electron chi connectivity index (χ1n) is 17.4. The smallest absolute Gasteiger partial charge is 0.175 e. The summed E-state index contributed by atoms with van der Waals surface area (Å²) in [6, 6.07) is 14.3. The highest BCUT2D eigenvalue weighted by Crippen LogP contribution is 2.30. The van der Waals surface area contributed by atoms with Gasteiger partial charge in [0.1, 0.15) is 11.1 Å². The Morgan fingerprint density at radius 1 is 0.891 bits per heavy atom. The molecule has 0 radical (unpaired) electrons. The maximum Gasteiger partial charge on any atom is 0.175 e. The van der Waals surface area contributed by atoms with Crippen LogP contribution in [0.5, 0.6) is 0 Å². The zero-order valence-electron chi connectivity index (χ0n) is 31.0. The lowest BCUT2D eigenvalue weighted by Gasteiger charge is -2.13. The van der Waals surface area contributed by atoms with Crippen molar-refractivity contribution in [3.63, 3.8) is 0 Å². The molecule has 0 N–H and O–H groups in total. The van der Waals surface area contributed by atoms with Gasteiger partial charge in [-0.05, 0) is 86.3 Å². The predicted molar refractivity (Wildman–Crippen MR) is 204 cm³/mol. The lowest BCUT2D eigenvalue weighted by Crippen LogP contribution is -2.04. The molecule has 2 heterocycles. The second-order valence-corrected chi connectivity index (χ2v) is 12.4. The van der Waals surface area contributed by atoms with Crippen LogP contribution in [0.25, 0.3) is 15.8 Å². The Balaban J connectivity index is 0. The van der Waals surface area contributed by atoms with E-state index in [1.54, 1.807) is 24.3 Å². The molecule has 256 valence electrons. The van der Waals surface area contributed by atoms with Gasteiger partial charge >= 0.3 is 0 Å². The molecule has 5 heteroatoms. The number of hydrogen-bond donors (Lipinski definition) is 0. The van der Waals surface area contributed by atoms with Gasteiger partial charge in [0.25, 0.3) is 0 Å². The highest BCUT2D eigenvalue weighted by Gasteiger charge is 2.17. The summed E-state index contributed by atoms with van der Waals surface area (Å²) in [7, 11) is 0. The largest absolute Gasteiger partial charge is 0.303 e. The summed E-state index contributed by atoms with van der Waals surface area (Å²) >= 11 is 1.55. The fraction of sp³-hybridized carbons (Fsp3) is 0.512. The molecule has 1 aromatic carbocycles. The average molecular weight is 650 g/mol. The molecular formula is C41H63NO3S. The highest BCUT2D eigenvalue weighted by molar-refractivity contribution is 7.20. The number of aryl methyl sites for hydroxylation is 2. The van der Waals surface area contributed by atoms with E-state index in [0.717, 1.165) is 64.1 Å². The topological polar surface area (TPSA) is 64.1 Å². The summed E-state index contributed by atoms with van der Waals surface area (Å²) < 4.78 is 0. The number of benzene rings is 1. The Bertz CT molecular complexity index is 1250. The van der Waals surface area contributed by atoms with Crippen molar-refractivity contribution in [2.24, 2.45) is 11.8 Å². The molecule has 0 amide bonds. The first-order valence-corrected chi connectivity index (χ1v) is 18.2. The number of rotatable bonds is 8. The third kappa shape index (κ3) is 19.4. The predicted octanol–water partition coefficient (Wildman–Crippen LogP) is 12.3. The maximum absolute atomic E-state index is 12.0. The van der Waals surface area contributed by atoms with Gasteiger partial charge in [-0.2, -0.15) is 0 Å². The fourth-order valence-electron chi connectivity index (χ4n) is 3.96. The van der Waals surface area contributed by atoms with E-state index < -0.39 is 0 Å². The fourth-order valence-corrected chi connectivity index (χ4v) is 5.08. The van der Waals surface area contributed by atoms with Crippen molar-refractivity contribution in [1.82, 2.24) is 4.98 Å². The molecule has 0 bridgehead atoms. The Morgan fingerprint density at radius 2 is 1.48 bits per heavy atom. The van der Waals surface area contributed by atoms with Crippen LogP contribution in [0.15, 0.2) is 60.7 Å². The van der Waals surface area contributed by atoms with Gasteiger partial charge in [0.2, 0.25) is 0 Å². The van der Waals surface area contributed by atoms with Crippen LogP contribution in [-0.2, 0) is 22.4 Å². The third-order valence-corrected chi connectivity index (χ3v) is 7.05. The van der Waals surface area contributed by atoms with E-state index in [4.69, 9.17) is 4.98 Å². The number of hydrogen-bond acceptors (Lipinski definition) is 5. The SMILES string of the molecule is CC.CC.CC(C)C.CC(C)C(=O)c1cc2cc3c(nc2s1)CCCC3.CC/C=C(\C=C/C(C)=O)c1ccccc1.CCCC=O. The molecule has 0 spiro atoms. The quantitative estimate of drug-likeness (QED) is 0.105. The van der Waals surface area contributed by atoms with Gasteiger partial charge in [0.05, 0.1) is 4.88 Å². The summed E-state index contributed by atoms with van der Waals surface area (Å²) in [5, 5.41) is 1.14. The second-order valence-electron chi connectivity index (χ2n) is 11.4. The number of pyridine rings is 1. The van der Waals surface area contributed by atoms with Crippen LogP contribution in [0, 0.1) is 11.8 Å². The van der Waals surface area contributed by atoms with Crippen molar-refractivity contribution in [3.8, 4) is 0 Å². The van der Waals surface area contributed by atoms with Crippen LogP contribution in [0.3, 0.4) is 0 Å². The highest BCUT2D eigenvalue weighted by atomic mass is 32.1. The molecule has 0 atom stereocenters. The molecule has 3 aromatic rings. The van der Waals surface area contributed by atoms with Gasteiger partial charge in [0, 0.05) is 23.4 Å². The van der Waals surface area contributed by atoms with Crippen molar-refractivity contribution in [1.29, 1.82) is 0 Å². The number of aromatic nitrogens is 1. The minimum absolute atomic E-state index is 0.0627. The number of carbonyl (C=O) groups excluding carboxylic acids is 3. The van der Waals surface area contributed by atoms with Crippen LogP contribution in [0.2, 0.25) is 0 Å². The number of Topliss-reactive ketones (excluding diaryl/α,β-unsaturated/α-hetero) is 1. The van der Waals surface area contributed by atoms with Gasteiger partial charge in [-0.3, -0.25) is 9.59 Å². The second kappa shape index (κ2) is 28.1. The van der Waals surface area contributed by atoms with Gasteiger partial charge in [-0.1, -0.05) is 119 Å². The summed E-state index contributed by atoms with van der Waals surface area (Å²) in [5.41, 5.74) is 4.89. The Morgan fingerprint density at radius 3 is 1.96 bits per heavy atom. The van der Waals surface area contributed by atoms with E-state index in [9.17, 15) is 14.4 Å². The van der Waals surface area contributed by atoms with Gasteiger partial charge < -0.3 is 4.79 Å². The van der Waals surface area contributed by atoms with Crippen molar-refractivity contribution >= 4 is 45.0 Å². The molecule has 0 fully saturated rings. The Kier molecular flexibility index (Phi) is 27.4. The van der Waals surface area contributed by atoms with E-state index in [-0.39, 0.29) is 17.5 Å². The molecule has 0 aliphatic heterocycles. The first-order chi connectivity index (χ1) is 22.0. The minimum Gasteiger partial charge on any atom is -0.303 e. The van der Waals surface area contributed by atoms with E-state index in [1.165, 1.54) is 24.1 Å². The molecule has 0 saturated heterocycles. The molecule has 46 heavy (non-hydrogen) atoms. The maximum atomic E-state index is 12.0. The van der Waals surface area contributed by atoms with Gasteiger partial charge in [0.15, 0.2) is 11.6 Å². The number of ketones is 2.